The maximum absolute atomic E-state index is 13.0. The molecular formula is C20H20FN3O3. The predicted octanol–water partition coefficient (Wildman–Crippen LogP) is 1.95. The minimum Gasteiger partial charge on any atom is -0.340 e. The average molecular weight is 369 g/mol. The third kappa shape index (κ3) is 4.49. The highest BCUT2D eigenvalue weighted by atomic mass is 19.1. The first-order chi connectivity index (χ1) is 12.9. The molecule has 6 nitrogen and oxygen atoms in total. The molecule has 27 heavy (non-hydrogen) atoms. The fraction of sp³-hybridized carbons (Fsp3) is 0.250. The molecule has 0 aromatic heterocycles. The van der Waals surface area contributed by atoms with E-state index >= 15 is 0 Å². The molecule has 1 aliphatic heterocycles. The van der Waals surface area contributed by atoms with Crippen molar-refractivity contribution in [3.63, 3.8) is 0 Å². The summed E-state index contributed by atoms with van der Waals surface area (Å²) >= 11 is 0. The van der Waals surface area contributed by atoms with Crippen molar-refractivity contribution in [2.45, 2.75) is 19.0 Å². The van der Waals surface area contributed by atoms with Crippen molar-refractivity contribution in [2.24, 2.45) is 0 Å². The van der Waals surface area contributed by atoms with Crippen molar-refractivity contribution in [1.82, 2.24) is 15.1 Å². The number of amides is 4. The van der Waals surface area contributed by atoms with Crippen LogP contribution in [0.1, 0.15) is 11.1 Å². The van der Waals surface area contributed by atoms with Gasteiger partial charge in [0, 0.05) is 20.0 Å². The van der Waals surface area contributed by atoms with Gasteiger partial charge in [0.05, 0.1) is 0 Å². The Bertz CT molecular complexity index is 839. The van der Waals surface area contributed by atoms with E-state index in [-0.39, 0.29) is 24.8 Å². The lowest BCUT2D eigenvalue weighted by atomic mass is 10.1. The summed E-state index contributed by atoms with van der Waals surface area (Å²) in [4.78, 5) is 39.4. The molecule has 0 spiro atoms. The fourth-order valence-corrected chi connectivity index (χ4v) is 2.92. The van der Waals surface area contributed by atoms with Crippen LogP contribution in [0.25, 0.3) is 0 Å². The molecular weight excluding hydrogens is 349 g/mol. The van der Waals surface area contributed by atoms with E-state index < -0.39 is 18.0 Å². The van der Waals surface area contributed by atoms with Crippen LogP contribution in [0.2, 0.25) is 0 Å². The highest BCUT2D eigenvalue weighted by Crippen LogP contribution is 2.13. The van der Waals surface area contributed by atoms with Gasteiger partial charge in [-0.1, -0.05) is 42.5 Å². The first-order valence-corrected chi connectivity index (χ1v) is 8.58. The van der Waals surface area contributed by atoms with Crippen LogP contribution in [-0.4, -0.2) is 47.3 Å². The minimum absolute atomic E-state index is 0.260. The summed E-state index contributed by atoms with van der Waals surface area (Å²) in [6.07, 6.45) is 0.377. The molecule has 1 N–H and O–H groups in total. The maximum Gasteiger partial charge on any atom is 0.325 e. The lowest BCUT2D eigenvalue weighted by molar-refractivity contribution is -0.136. The van der Waals surface area contributed by atoms with E-state index in [0.29, 0.717) is 6.42 Å². The molecule has 1 aliphatic rings. The first-order valence-electron chi connectivity index (χ1n) is 8.58. The number of hydrogen-bond donors (Lipinski definition) is 1. The monoisotopic (exact) mass is 369 g/mol. The van der Waals surface area contributed by atoms with Crippen molar-refractivity contribution in [3.05, 3.63) is 71.5 Å². The van der Waals surface area contributed by atoms with Crippen molar-refractivity contribution in [3.8, 4) is 0 Å². The average Bonchev–Trinajstić information content (AvgIpc) is 2.91. The van der Waals surface area contributed by atoms with E-state index in [4.69, 9.17) is 0 Å². The number of imide groups is 1. The zero-order valence-electron chi connectivity index (χ0n) is 14.9. The van der Waals surface area contributed by atoms with Crippen LogP contribution in [0.3, 0.4) is 0 Å². The Morgan fingerprint density at radius 3 is 2.41 bits per heavy atom. The molecule has 0 radical (unpaired) electrons. The predicted molar refractivity (Wildman–Crippen MR) is 97.1 cm³/mol. The Morgan fingerprint density at radius 1 is 1.07 bits per heavy atom. The zero-order chi connectivity index (χ0) is 19.4. The molecule has 1 unspecified atom stereocenters. The van der Waals surface area contributed by atoms with Gasteiger partial charge in [-0.3, -0.25) is 14.5 Å². The van der Waals surface area contributed by atoms with Gasteiger partial charge >= 0.3 is 6.03 Å². The zero-order valence-corrected chi connectivity index (χ0v) is 14.9. The number of urea groups is 1. The molecule has 2 aromatic rings. The molecule has 1 atom stereocenters. The Kier molecular flexibility index (Phi) is 5.49. The van der Waals surface area contributed by atoms with E-state index in [1.54, 1.807) is 19.2 Å². The number of carbonyl (C=O) groups excluding carboxylic acids is 3. The molecule has 1 saturated heterocycles. The van der Waals surface area contributed by atoms with Crippen LogP contribution in [0.4, 0.5) is 9.18 Å². The van der Waals surface area contributed by atoms with Crippen LogP contribution < -0.4 is 5.32 Å². The summed E-state index contributed by atoms with van der Waals surface area (Å²) in [6.45, 7) is -0.0656. The number of likely N-dealkylation sites (N-methyl/N-ethyl adjacent to an activating group) is 1. The van der Waals surface area contributed by atoms with Crippen LogP contribution in [0.15, 0.2) is 54.6 Å². The smallest absolute Gasteiger partial charge is 0.325 e. The SMILES string of the molecule is CN(Cc1ccc(F)cc1)C(=O)CN1C(=O)NC(Cc2ccccc2)C1=O. The van der Waals surface area contributed by atoms with E-state index in [1.165, 1.54) is 17.0 Å². The molecule has 0 saturated carbocycles. The lowest BCUT2D eigenvalue weighted by Crippen LogP contribution is -2.41. The Hall–Kier alpha value is -3.22. The van der Waals surface area contributed by atoms with Gasteiger partial charge in [-0.05, 0) is 23.3 Å². The van der Waals surface area contributed by atoms with E-state index in [1.807, 2.05) is 30.3 Å². The molecule has 140 valence electrons. The van der Waals surface area contributed by atoms with Gasteiger partial charge in [0.25, 0.3) is 5.91 Å². The number of hydrogen-bond acceptors (Lipinski definition) is 3. The third-order valence-electron chi connectivity index (χ3n) is 4.44. The van der Waals surface area contributed by atoms with Gasteiger partial charge in [0.1, 0.15) is 18.4 Å². The molecule has 1 fully saturated rings. The Labute approximate surface area is 156 Å². The fourth-order valence-electron chi connectivity index (χ4n) is 2.92. The summed E-state index contributed by atoms with van der Waals surface area (Å²) in [5.74, 6) is -1.13. The Morgan fingerprint density at radius 2 is 1.74 bits per heavy atom. The number of nitrogens with zero attached hydrogens (tertiary/aromatic N) is 2. The molecule has 7 heteroatoms. The lowest BCUT2D eigenvalue weighted by Gasteiger charge is -2.20. The van der Waals surface area contributed by atoms with Gasteiger partial charge in [-0.2, -0.15) is 0 Å². The highest BCUT2D eigenvalue weighted by Gasteiger charge is 2.39. The second kappa shape index (κ2) is 7.99. The number of rotatable bonds is 6. The Balaban J connectivity index is 1.59. The summed E-state index contributed by atoms with van der Waals surface area (Å²) < 4.78 is 13.0. The number of benzene rings is 2. The number of nitrogens with one attached hydrogen (secondary N) is 1. The molecule has 3 rings (SSSR count). The topological polar surface area (TPSA) is 69.7 Å². The van der Waals surface area contributed by atoms with Crippen molar-refractivity contribution < 1.29 is 18.8 Å². The van der Waals surface area contributed by atoms with E-state index in [2.05, 4.69) is 5.32 Å². The van der Waals surface area contributed by atoms with Crippen molar-refractivity contribution in [1.29, 1.82) is 0 Å². The van der Waals surface area contributed by atoms with Crippen molar-refractivity contribution >= 4 is 17.8 Å². The largest absolute Gasteiger partial charge is 0.340 e. The molecule has 1 heterocycles. The number of halogens is 1. The molecule has 4 amide bonds. The van der Waals surface area contributed by atoms with Gasteiger partial charge in [0.15, 0.2) is 0 Å². The van der Waals surface area contributed by atoms with Crippen LogP contribution in [-0.2, 0) is 22.6 Å². The van der Waals surface area contributed by atoms with Gasteiger partial charge in [-0.25, -0.2) is 9.18 Å². The summed E-state index contributed by atoms with van der Waals surface area (Å²) in [7, 11) is 1.57. The maximum atomic E-state index is 13.0. The van der Waals surface area contributed by atoms with Crippen LogP contribution in [0.5, 0.6) is 0 Å². The normalized spacial score (nSPS) is 16.4. The molecule has 0 aliphatic carbocycles. The van der Waals surface area contributed by atoms with Gasteiger partial charge in [-0.15, -0.1) is 0 Å². The minimum atomic E-state index is -0.671. The van der Waals surface area contributed by atoms with E-state index in [0.717, 1.165) is 16.0 Å². The van der Waals surface area contributed by atoms with Gasteiger partial charge in [0.2, 0.25) is 5.91 Å². The van der Waals surface area contributed by atoms with E-state index in [9.17, 15) is 18.8 Å². The number of carbonyl (C=O) groups is 3. The molecule has 2 aromatic carbocycles. The quantitative estimate of drug-likeness (QED) is 0.792. The molecule has 0 bridgehead atoms. The summed E-state index contributed by atoms with van der Waals surface area (Å²) in [5, 5.41) is 2.63. The van der Waals surface area contributed by atoms with Gasteiger partial charge < -0.3 is 10.2 Å². The highest BCUT2D eigenvalue weighted by molar-refractivity contribution is 6.06. The second-order valence-corrected chi connectivity index (χ2v) is 6.49. The summed E-state index contributed by atoms with van der Waals surface area (Å²) in [5.41, 5.74) is 1.68. The summed E-state index contributed by atoms with van der Waals surface area (Å²) in [6, 6.07) is 13.9. The second-order valence-electron chi connectivity index (χ2n) is 6.49. The van der Waals surface area contributed by atoms with Crippen molar-refractivity contribution in [2.75, 3.05) is 13.6 Å². The third-order valence-corrected chi connectivity index (χ3v) is 4.44. The van der Waals surface area contributed by atoms with Crippen LogP contribution in [0, 0.1) is 5.82 Å². The van der Waals surface area contributed by atoms with Crippen LogP contribution >= 0.6 is 0 Å². The first kappa shape index (κ1) is 18.6. The standard InChI is InChI=1S/C20H20FN3O3/c1-23(12-15-7-9-16(21)10-8-15)18(25)13-24-19(26)17(22-20(24)27)11-14-5-3-2-4-6-14/h2-10,17H,11-13H2,1H3,(H,22,27).